The minimum atomic E-state index is -0.812. The smallest absolute Gasteiger partial charge is 0.330 e. The molecule has 0 aromatic carbocycles. The van der Waals surface area contributed by atoms with Crippen molar-refractivity contribution in [3.05, 3.63) is 20.8 Å². The number of nitrogens with two attached hydrogens (primary N) is 1. The SMILES string of the molecule is CCn1c(N)c(N(C)CC2(O)CCC(C)CC2)c(=O)[nH]c1=O. The fourth-order valence-electron chi connectivity index (χ4n) is 3.24. The molecule has 1 aromatic heterocycles. The molecule has 0 spiro atoms. The van der Waals surface area contributed by atoms with Crippen LogP contribution in [0.25, 0.3) is 0 Å². The van der Waals surface area contributed by atoms with Crippen molar-refractivity contribution >= 4 is 11.5 Å². The minimum Gasteiger partial charge on any atom is -0.388 e. The van der Waals surface area contributed by atoms with Gasteiger partial charge in [0.1, 0.15) is 11.5 Å². The number of hydrogen-bond acceptors (Lipinski definition) is 5. The van der Waals surface area contributed by atoms with Crippen molar-refractivity contribution in [3.8, 4) is 0 Å². The Kier molecular flexibility index (Phi) is 4.65. The summed E-state index contributed by atoms with van der Waals surface area (Å²) in [4.78, 5) is 27.8. The summed E-state index contributed by atoms with van der Waals surface area (Å²) in [5.74, 6) is 0.771. The van der Waals surface area contributed by atoms with Gasteiger partial charge < -0.3 is 15.7 Å². The molecule has 0 aliphatic heterocycles. The predicted octanol–water partition coefficient (Wildman–Crippen LogP) is 0.516. The summed E-state index contributed by atoms with van der Waals surface area (Å²) in [6.07, 6.45) is 3.38. The van der Waals surface area contributed by atoms with Gasteiger partial charge >= 0.3 is 5.69 Å². The molecular weight excluding hydrogens is 284 g/mol. The van der Waals surface area contributed by atoms with E-state index in [0.717, 1.165) is 12.8 Å². The highest BCUT2D eigenvalue weighted by Gasteiger charge is 2.34. The number of nitrogens with one attached hydrogen (secondary N) is 1. The summed E-state index contributed by atoms with van der Waals surface area (Å²) in [5.41, 5.74) is 4.40. The number of likely N-dealkylation sites (N-methyl/N-ethyl adjacent to an activating group) is 1. The van der Waals surface area contributed by atoms with Crippen molar-refractivity contribution in [1.29, 1.82) is 0 Å². The van der Waals surface area contributed by atoms with E-state index >= 15 is 0 Å². The monoisotopic (exact) mass is 310 g/mol. The standard InChI is InChI=1S/C15H26N4O3/c1-4-19-12(16)11(13(20)17-14(19)21)18(3)9-15(22)7-5-10(2)6-8-15/h10,22H,4-9,16H2,1-3H3,(H,17,20,21). The maximum atomic E-state index is 12.1. The molecule has 22 heavy (non-hydrogen) atoms. The van der Waals surface area contributed by atoms with Crippen LogP contribution in [-0.2, 0) is 6.54 Å². The highest BCUT2D eigenvalue weighted by Crippen LogP contribution is 2.33. The second kappa shape index (κ2) is 6.16. The molecule has 7 nitrogen and oxygen atoms in total. The fraction of sp³-hybridized carbons (Fsp3) is 0.733. The number of anilines is 2. The largest absolute Gasteiger partial charge is 0.388 e. The third-order valence-electron chi connectivity index (χ3n) is 4.65. The molecule has 0 radical (unpaired) electrons. The van der Waals surface area contributed by atoms with Crippen LogP contribution in [0.15, 0.2) is 9.59 Å². The van der Waals surface area contributed by atoms with Crippen LogP contribution in [0.4, 0.5) is 11.5 Å². The Morgan fingerprint density at radius 1 is 1.41 bits per heavy atom. The molecular formula is C15H26N4O3. The molecule has 0 saturated heterocycles. The topological polar surface area (TPSA) is 104 Å². The van der Waals surface area contributed by atoms with Crippen LogP contribution in [0.5, 0.6) is 0 Å². The Hall–Kier alpha value is -1.76. The van der Waals surface area contributed by atoms with E-state index in [0.29, 0.717) is 31.8 Å². The molecule has 1 aliphatic rings. The van der Waals surface area contributed by atoms with Gasteiger partial charge in [-0.1, -0.05) is 6.92 Å². The molecule has 0 amide bonds. The van der Waals surface area contributed by atoms with Crippen molar-refractivity contribution in [3.63, 3.8) is 0 Å². The van der Waals surface area contributed by atoms with Gasteiger partial charge in [0.2, 0.25) is 0 Å². The zero-order valence-electron chi connectivity index (χ0n) is 13.6. The molecule has 1 aliphatic carbocycles. The summed E-state index contributed by atoms with van der Waals surface area (Å²) in [6.45, 7) is 4.68. The summed E-state index contributed by atoms with van der Waals surface area (Å²) in [6, 6.07) is 0. The summed E-state index contributed by atoms with van der Waals surface area (Å²) in [5, 5.41) is 10.7. The summed E-state index contributed by atoms with van der Waals surface area (Å²) >= 11 is 0. The Balaban J connectivity index is 2.28. The zero-order chi connectivity index (χ0) is 16.5. The number of aliphatic hydroxyl groups is 1. The molecule has 0 unspecified atom stereocenters. The van der Waals surface area contributed by atoms with Crippen molar-refractivity contribution in [2.24, 2.45) is 5.92 Å². The zero-order valence-corrected chi connectivity index (χ0v) is 13.6. The van der Waals surface area contributed by atoms with Crippen molar-refractivity contribution < 1.29 is 5.11 Å². The van der Waals surface area contributed by atoms with Gasteiger partial charge in [-0.15, -0.1) is 0 Å². The number of H-pyrrole nitrogens is 1. The summed E-state index contributed by atoms with van der Waals surface area (Å²) in [7, 11) is 1.72. The van der Waals surface area contributed by atoms with E-state index < -0.39 is 16.9 Å². The van der Waals surface area contributed by atoms with E-state index in [-0.39, 0.29) is 11.5 Å². The maximum Gasteiger partial charge on any atom is 0.330 e. The van der Waals surface area contributed by atoms with Crippen molar-refractivity contribution in [2.45, 2.75) is 51.7 Å². The average Bonchev–Trinajstić information content (AvgIpc) is 2.42. The van der Waals surface area contributed by atoms with Crippen LogP contribution in [0, 0.1) is 5.92 Å². The number of rotatable bonds is 4. The first-order valence-corrected chi connectivity index (χ1v) is 7.83. The van der Waals surface area contributed by atoms with Gasteiger partial charge in [0, 0.05) is 20.1 Å². The predicted molar refractivity (Wildman–Crippen MR) is 87.3 cm³/mol. The number of hydrogen-bond donors (Lipinski definition) is 3. The van der Waals surface area contributed by atoms with Crippen LogP contribution >= 0.6 is 0 Å². The second-order valence-electron chi connectivity index (χ2n) is 6.50. The lowest BCUT2D eigenvalue weighted by Gasteiger charge is -2.38. The minimum absolute atomic E-state index is 0.145. The molecule has 0 bridgehead atoms. The van der Waals surface area contributed by atoms with Crippen molar-refractivity contribution in [2.75, 3.05) is 24.2 Å². The highest BCUT2D eigenvalue weighted by molar-refractivity contribution is 5.62. The Morgan fingerprint density at radius 2 is 2.00 bits per heavy atom. The van der Waals surface area contributed by atoms with Gasteiger partial charge in [-0.2, -0.15) is 0 Å². The molecule has 7 heteroatoms. The lowest BCUT2D eigenvalue weighted by Crippen LogP contribution is -2.46. The van der Waals surface area contributed by atoms with Crippen LogP contribution < -0.4 is 21.9 Å². The van der Waals surface area contributed by atoms with Crippen molar-refractivity contribution in [1.82, 2.24) is 9.55 Å². The first-order chi connectivity index (χ1) is 10.3. The van der Waals surface area contributed by atoms with Crippen LogP contribution in [0.3, 0.4) is 0 Å². The fourth-order valence-corrected chi connectivity index (χ4v) is 3.24. The Labute approximate surface area is 129 Å². The third kappa shape index (κ3) is 3.19. The molecule has 1 heterocycles. The summed E-state index contributed by atoms with van der Waals surface area (Å²) < 4.78 is 1.32. The van der Waals surface area contributed by atoms with E-state index in [9.17, 15) is 14.7 Å². The normalized spacial score (nSPS) is 25.2. The Bertz CT molecular complexity index is 641. The van der Waals surface area contributed by atoms with Crippen LogP contribution in [-0.4, -0.2) is 33.9 Å². The van der Waals surface area contributed by atoms with E-state index in [1.165, 1.54) is 4.57 Å². The van der Waals surface area contributed by atoms with Gasteiger partial charge in [-0.05, 0) is 38.5 Å². The number of aromatic amines is 1. The van der Waals surface area contributed by atoms with E-state index in [4.69, 9.17) is 5.73 Å². The van der Waals surface area contributed by atoms with Gasteiger partial charge in [0.15, 0.2) is 0 Å². The number of nitrogens with zero attached hydrogens (tertiary/aromatic N) is 2. The molecule has 1 fully saturated rings. The van der Waals surface area contributed by atoms with E-state index in [1.54, 1.807) is 18.9 Å². The first kappa shape index (κ1) is 16.6. The lowest BCUT2D eigenvalue weighted by molar-refractivity contribution is 0.000478. The highest BCUT2D eigenvalue weighted by atomic mass is 16.3. The van der Waals surface area contributed by atoms with Crippen LogP contribution in [0.1, 0.15) is 39.5 Å². The van der Waals surface area contributed by atoms with Crippen LogP contribution in [0.2, 0.25) is 0 Å². The molecule has 0 atom stereocenters. The van der Waals surface area contributed by atoms with Gasteiger partial charge in [0.05, 0.1) is 5.60 Å². The maximum absolute atomic E-state index is 12.1. The van der Waals surface area contributed by atoms with E-state index in [1.807, 2.05) is 0 Å². The number of aromatic nitrogens is 2. The molecule has 2 rings (SSSR count). The molecule has 1 saturated carbocycles. The quantitative estimate of drug-likeness (QED) is 0.752. The van der Waals surface area contributed by atoms with Gasteiger partial charge in [-0.3, -0.25) is 14.3 Å². The molecule has 124 valence electrons. The van der Waals surface area contributed by atoms with Gasteiger partial charge in [0.25, 0.3) is 5.56 Å². The second-order valence-corrected chi connectivity index (χ2v) is 6.50. The lowest BCUT2D eigenvalue weighted by atomic mass is 9.79. The Morgan fingerprint density at radius 3 is 2.55 bits per heavy atom. The third-order valence-corrected chi connectivity index (χ3v) is 4.65. The molecule has 4 N–H and O–H groups in total. The molecule has 1 aromatic rings. The van der Waals surface area contributed by atoms with E-state index in [2.05, 4.69) is 11.9 Å². The number of nitrogen functional groups attached to an aromatic ring is 1. The van der Waals surface area contributed by atoms with Gasteiger partial charge in [-0.25, -0.2) is 4.79 Å². The first-order valence-electron chi connectivity index (χ1n) is 7.83. The average molecular weight is 310 g/mol.